The molecule has 0 bridgehead atoms. The molecule has 0 aromatic carbocycles. The van der Waals surface area contributed by atoms with Gasteiger partial charge < -0.3 is 28.5 Å². The molecule has 0 aliphatic heterocycles. The van der Waals surface area contributed by atoms with E-state index in [0.29, 0.717) is 19.3 Å². The first-order chi connectivity index (χ1) is 21.8. The number of carboxylic acids is 1. The lowest BCUT2D eigenvalue weighted by Gasteiger charge is -2.70. The maximum Gasteiger partial charge on any atom is 0.519 e. The average Bonchev–Trinajstić information content (AvgIpc) is 3.32. The highest BCUT2D eigenvalue weighted by atomic mass is 16.6. The molecule has 10 nitrogen and oxygen atoms in total. The quantitative estimate of drug-likeness (QED) is 0.334. The van der Waals surface area contributed by atoms with Gasteiger partial charge in [0.2, 0.25) is 0 Å². The van der Waals surface area contributed by atoms with E-state index < -0.39 is 40.1 Å². The second kappa shape index (κ2) is 11.2. The number of aliphatic hydroxyl groups excluding tert-OH is 1. The van der Waals surface area contributed by atoms with E-state index in [9.17, 15) is 29.4 Å². The summed E-state index contributed by atoms with van der Waals surface area (Å²) in [6.45, 7) is 14.2. The first-order valence-corrected chi connectivity index (χ1v) is 17.3. The van der Waals surface area contributed by atoms with Crippen molar-refractivity contribution >= 4 is 17.7 Å². The van der Waals surface area contributed by atoms with Crippen molar-refractivity contribution in [1.82, 2.24) is 0 Å². The molecule has 0 radical (unpaired) electrons. The Morgan fingerprint density at radius 3 is 2.32 bits per heavy atom. The molecule has 0 amide bonds. The summed E-state index contributed by atoms with van der Waals surface area (Å²) < 4.78 is 20.8. The molecular formula is C37H52O10. The summed E-state index contributed by atoms with van der Waals surface area (Å²) in [4.78, 5) is 50.8. The van der Waals surface area contributed by atoms with Gasteiger partial charge in [0, 0.05) is 11.3 Å². The molecule has 2 N–H and O–H groups in total. The van der Waals surface area contributed by atoms with E-state index in [1.807, 2.05) is 19.9 Å². The van der Waals surface area contributed by atoms with Gasteiger partial charge in [0.15, 0.2) is 23.9 Å². The predicted octanol–water partition coefficient (Wildman–Crippen LogP) is 6.01. The third kappa shape index (κ3) is 5.01. The smallest absolute Gasteiger partial charge is 0.481 e. The minimum absolute atomic E-state index is 0.0119. The number of rotatable bonds is 7. The highest BCUT2D eigenvalue weighted by Crippen LogP contribution is 2.75. The van der Waals surface area contributed by atoms with E-state index in [1.165, 1.54) is 5.57 Å². The van der Waals surface area contributed by atoms with Crippen molar-refractivity contribution in [3.8, 4) is 0 Å². The van der Waals surface area contributed by atoms with Crippen molar-refractivity contribution < 1.29 is 42.9 Å². The molecule has 10 heteroatoms. The number of allylic oxidation sites excluding steroid dienone is 2. The lowest BCUT2D eigenvalue weighted by atomic mass is 9.33. The molecule has 0 saturated heterocycles. The Hall–Kier alpha value is -2.72. The van der Waals surface area contributed by atoms with Gasteiger partial charge in [0.25, 0.3) is 0 Å². The normalized spacial score (nSPS) is 44.3. The topological polar surface area (TPSA) is 153 Å². The molecule has 5 aliphatic rings. The lowest BCUT2D eigenvalue weighted by molar-refractivity contribution is -0.216. The third-order valence-corrected chi connectivity index (χ3v) is 14.7. The first-order valence-electron chi connectivity index (χ1n) is 17.3. The summed E-state index contributed by atoms with van der Waals surface area (Å²) in [5.41, 5.74) is -1.27. The van der Waals surface area contributed by atoms with Crippen molar-refractivity contribution in [1.29, 1.82) is 0 Å². The fourth-order valence-electron chi connectivity index (χ4n) is 11.4. The third-order valence-electron chi connectivity index (χ3n) is 14.7. The molecule has 0 spiro atoms. The second-order valence-corrected chi connectivity index (χ2v) is 17.2. The fraction of sp³-hybridized carbons (Fsp3) is 0.784. The monoisotopic (exact) mass is 656 g/mol. The molecule has 10 atom stereocenters. The Balaban J connectivity index is 1.24. The van der Waals surface area contributed by atoms with Crippen molar-refractivity contribution in [3.63, 3.8) is 0 Å². The largest absolute Gasteiger partial charge is 0.519 e. The zero-order chi connectivity index (χ0) is 34.4. The maximum absolute atomic E-state index is 14.6. The number of aliphatic hydroxyl groups is 1. The summed E-state index contributed by atoms with van der Waals surface area (Å²) in [5.74, 6) is -1.90. The SMILES string of the molecule is Cc1oc(=O)oc1COC(=O)COC[C@@]1(C)[C@@H]2CC[C@]3(C)[C@H](C(=O)C=C4[C@@H]5C[C@@](C)(C(=O)O)CC[C@]5(C)CC[C@]43C)[C@@]2(C)CC[C@@H]1O. The van der Waals surface area contributed by atoms with Gasteiger partial charge in [-0.2, -0.15) is 0 Å². The van der Waals surface area contributed by atoms with Crippen LogP contribution in [0.25, 0.3) is 0 Å². The van der Waals surface area contributed by atoms with Crippen LogP contribution in [0.15, 0.2) is 25.3 Å². The second-order valence-electron chi connectivity index (χ2n) is 17.2. The van der Waals surface area contributed by atoms with Gasteiger partial charge in [-0.25, -0.2) is 9.59 Å². The van der Waals surface area contributed by atoms with Crippen molar-refractivity contribution in [3.05, 3.63) is 33.8 Å². The first kappa shape index (κ1) is 34.2. The molecular weight excluding hydrogens is 604 g/mol. The number of ether oxygens (including phenoxy) is 2. The van der Waals surface area contributed by atoms with Crippen LogP contribution in [-0.4, -0.2) is 47.3 Å². The van der Waals surface area contributed by atoms with Crippen molar-refractivity contribution in [2.24, 2.45) is 50.2 Å². The van der Waals surface area contributed by atoms with Crippen molar-refractivity contribution in [2.45, 2.75) is 119 Å². The molecule has 4 fully saturated rings. The van der Waals surface area contributed by atoms with Gasteiger partial charge in [0.1, 0.15) is 6.61 Å². The van der Waals surface area contributed by atoms with E-state index in [0.717, 1.165) is 38.5 Å². The van der Waals surface area contributed by atoms with Crippen LogP contribution in [0, 0.1) is 57.2 Å². The number of ketones is 1. The summed E-state index contributed by atoms with van der Waals surface area (Å²) in [7, 11) is 0. The standard InChI is InChI=1S/C37H52O10/c1-21-25(47-31(43)46-21)18-45-28(40)19-44-20-35(5)26-8-11-37(7)29(34(26,4)10-9-27(35)39)24(38)16-22-23-17-33(3,30(41)42)13-12-32(23,2)14-15-36(22,37)6/h16,23,26-27,29,39H,8-15,17-20H2,1-7H3,(H,41,42)/t23-,26+,27-,29+,32+,33-,34-,35-,36+,37+/m0/s1. The molecule has 6 rings (SSSR count). The summed E-state index contributed by atoms with van der Waals surface area (Å²) in [6.07, 6.45) is 8.23. The summed E-state index contributed by atoms with van der Waals surface area (Å²) >= 11 is 0. The molecule has 4 saturated carbocycles. The number of carbonyl (C=O) groups excluding carboxylic acids is 2. The number of carboxylic acid groups (broad SMARTS) is 1. The number of hydrogen-bond acceptors (Lipinski definition) is 9. The average molecular weight is 657 g/mol. The Labute approximate surface area is 276 Å². The van der Waals surface area contributed by atoms with Crippen LogP contribution in [0.4, 0.5) is 0 Å². The van der Waals surface area contributed by atoms with Gasteiger partial charge in [-0.1, -0.05) is 40.2 Å². The Morgan fingerprint density at radius 2 is 1.66 bits per heavy atom. The molecule has 0 unspecified atom stereocenters. The number of hydrogen-bond donors (Lipinski definition) is 2. The minimum Gasteiger partial charge on any atom is -0.481 e. The molecule has 1 aromatic heterocycles. The van der Waals surface area contributed by atoms with Gasteiger partial charge in [-0.3, -0.25) is 9.59 Å². The molecule has 47 heavy (non-hydrogen) atoms. The van der Waals surface area contributed by atoms with Crippen LogP contribution < -0.4 is 5.82 Å². The number of aliphatic carboxylic acids is 1. The van der Waals surface area contributed by atoms with Gasteiger partial charge in [-0.05, 0) is 111 Å². The molecule has 260 valence electrons. The Bertz CT molecular complexity index is 1550. The van der Waals surface area contributed by atoms with Crippen LogP contribution in [0.2, 0.25) is 0 Å². The summed E-state index contributed by atoms with van der Waals surface area (Å²) in [6, 6.07) is 0. The van der Waals surface area contributed by atoms with Crippen LogP contribution in [-0.2, 0) is 30.5 Å². The van der Waals surface area contributed by atoms with E-state index >= 15 is 0 Å². The number of carbonyl (C=O) groups is 3. The number of aryl methyl sites for hydroxylation is 1. The van der Waals surface area contributed by atoms with E-state index in [4.69, 9.17) is 18.3 Å². The summed E-state index contributed by atoms with van der Waals surface area (Å²) in [5, 5.41) is 21.6. The van der Waals surface area contributed by atoms with E-state index in [-0.39, 0.29) is 71.1 Å². The predicted molar refractivity (Wildman–Crippen MR) is 170 cm³/mol. The van der Waals surface area contributed by atoms with Gasteiger partial charge in [0.05, 0.1) is 18.1 Å². The van der Waals surface area contributed by atoms with Crippen LogP contribution in [0.3, 0.4) is 0 Å². The van der Waals surface area contributed by atoms with Gasteiger partial charge in [-0.15, -0.1) is 0 Å². The number of esters is 1. The Kier molecular flexibility index (Phi) is 8.11. The highest BCUT2D eigenvalue weighted by molar-refractivity contribution is 5.95. The minimum atomic E-state index is -0.857. The number of fused-ring (bicyclic) bond motifs is 7. The maximum atomic E-state index is 14.6. The van der Waals surface area contributed by atoms with Crippen molar-refractivity contribution in [2.75, 3.05) is 13.2 Å². The Morgan fingerprint density at radius 1 is 0.957 bits per heavy atom. The van der Waals surface area contributed by atoms with Crippen LogP contribution >= 0.6 is 0 Å². The zero-order valence-electron chi connectivity index (χ0n) is 29.0. The van der Waals surface area contributed by atoms with Crippen LogP contribution in [0.5, 0.6) is 0 Å². The fourth-order valence-corrected chi connectivity index (χ4v) is 11.4. The molecule has 5 aliphatic carbocycles. The molecule has 1 aromatic rings. The lowest BCUT2D eigenvalue weighted by Crippen LogP contribution is -2.67. The molecule has 1 heterocycles. The van der Waals surface area contributed by atoms with Crippen LogP contribution in [0.1, 0.15) is 111 Å². The van der Waals surface area contributed by atoms with Gasteiger partial charge >= 0.3 is 17.8 Å². The van der Waals surface area contributed by atoms with E-state index in [2.05, 4.69) is 27.7 Å². The highest BCUT2D eigenvalue weighted by Gasteiger charge is 2.70. The zero-order valence-corrected chi connectivity index (χ0v) is 29.0. The van der Waals surface area contributed by atoms with E-state index in [1.54, 1.807) is 6.92 Å².